The molecule has 0 saturated carbocycles. The summed E-state index contributed by atoms with van der Waals surface area (Å²) in [6.45, 7) is 5.31. The van der Waals surface area contributed by atoms with Crippen LogP contribution in [0.2, 0.25) is 0 Å². The molecule has 0 aliphatic heterocycles. The van der Waals surface area contributed by atoms with E-state index in [1.54, 1.807) is 25.3 Å². The lowest BCUT2D eigenvalue weighted by molar-refractivity contribution is 0.0953. The minimum absolute atomic E-state index is 0.135. The van der Waals surface area contributed by atoms with E-state index in [0.29, 0.717) is 36.1 Å². The van der Waals surface area contributed by atoms with Gasteiger partial charge in [0.2, 0.25) is 0 Å². The van der Waals surface area contributed by atoms with E-state index in [1.165, 1.54) is 0 Å². The van der Waals surface area contributed by atoms with Crippen molar-refractivity contribution >= 4 is 11.6 Å². The maximum Gasteiger partial charge on any atom is 0.251 e. The van der Waals surface area contributed by atoms with Crippen molar-refractivity contribution in [3.05, 3.63) is 53.6 Å². The zero-order valence-electron chi connectivity index (χ0n) is 15.0. The van der Waals surface area contributed by atoms with Crippen molar-refractivity contribution in [2.45, 2.75) is 20.3 Å². The van der Waals surface area contributed by atoms with Crippen LogP contribution in [0, 0.1) is 5.92 Å². The van der Waals surface area contributed by atoms with E-state index in [0.717, 1.165) is 17.7 Å². The second kappa shape index (κ2) is 8.97. The van der Waals surface area contributed by atoms with Crippen molar-refractivity contribution in [3.8, 4) is 11.5 Å². The Hall–Kier alpha value is -2.69. The van der Waals surface area contributed by atoms with Crippen molar-refractivity contribution in [2.24, 2.45) is 5.92 Å². The minimum Gasteiger partial charge on any atom is -0.493 e. The summed E-state index contributed by atoms with van der Waals surface area (Å²) in [6, 6.07) is 12.9. The van der Waals surface area contributed by atoms with Gasteiger partial charge in [-0.05, 0) is 48.2 Å². The standard InChI is InChI=1S/C20H26N2O3/c1-14(2)13-25-18-9-6-16(12-19(18)24-3)20(23)22-11-10-15-4-7-17(21)8-5-15/h4-9,12,14H,10-11,13,21H2,1-3H3,(H,22,23). The number of amides is 1. The van der Waals surface area contributed by atoms with Crippen LogP contribution in [0.1, 0.15) is 29.8 Å². The van der Waals surface area contributed by atoms with Gasteiger partial charge in [0.05, 0.1) is 13.7 Å². The van der Waals surface area contributed by atoms with Gasteiger partial charge >= 0.3 is 0 Å². The van der Waals surface area contributed by atoms with E-state index in [2.05, 4.69) is 19.2 Å². The van der Waals surface area contributed by atoms with Crippen LogP contribution >= 0.6 is 0 Å². The Kier molecular flexibility index (Phi) is 6.69. The average Bonchev–Trinajstić information content (AvgIpc) is 2.61. The molecular weight excluding hydrogens is 316 g/mol. The molecule has 0 fully saturated rings. The number of anilines is 1. The van der Waals surface area contributed by atoms with E-state index in [4.69, 9.17) is 15.2 Å². The zero-order valence-corrected chi connectivity index (χ0v) is 15.0. The normalized spacial score (nSPS) is 10.6. The number of hydrogen-bond donors (Lipinski definition) is 2. The number of rotatable bonds is 8. The largest absolute Gasteiger partial charge is 0.493 e. The lowest BCUT2D eigenvalue weighted by atomic mass is 10.1. The van der Waals surface area contributed by atoms with Crippen LogP contribution in [0.4, 0.5) is 5.69 Å². The molecule has 0 heterocycles. The van der Waals surface area contributed by atoms with Crippen LogP contribution in [0.15, 0.2) is 42.5 Å². The van der Waals surface area contributed by atoms with E-state index in [9.17, 15) is 4.79 Å². The Morgan fingerprint density at radius 2 is 1.84 bits per heavy atom. The highest BCUT2D eigenvalue weighted by Gasteiger charge is 2.11. The van der Waals surface area contributed by atoms with Crippen molar-refractivity contribution in [1.82, 2.24) is 5.32 Å². The van der Waals surface area contributed by atoms with Gasteiger partial charge in [-0.25, -0.2) is 0 Å². The molecule has 5 nitrogen and oxygen atoms in total. The smallest absolute Gasteiger partial charge is 0.251 e. The fourth-order valence-corrected chi connectivity index (χ4v) is 2.29. The van der Waals surface area contributed by atoms with Crippen molar-refractivity contribution in [3.63, 3.8) is 0 Å². The van der Waals surface area contributed by atoms with Crippen LogP contribution in [0.3, 0.4) is 0 Å². The first-order chi connectivity index (χ1) is 12.0. The second-order valence-corrected chi connectivity index (χ2v) is 6.32. The molecule has 0 radical (unpaired) electrons. The van der Waals surface area contributed by atoms with Crippen molar-refractivity contribution < 1.29 is 14.3 Å². The first-order valence-electron chi connectivity index (χ1n) is 8.43. The maximum atomic E-state index is 12.3. The molecule has 5 heteroatoms. The second-order valence-electron chi connectivity index (χ2n) is 6.32. The maximum absolute atomic E-state index is 12.3. The van der Waals surface area contributed by atoms with Gasteiger partial charge in [0.15, 0.2) is 11.5 Å². The molecule has 134 valence electrons. The van der Waals surface area contributed by atoms with Crippen molar-refractivity contribution in [1.29, 1.82) is 0 Å². The molecular formula is C20H26N2O3. The molecule has 1 amide bonds. The molecule has 0 aromatic heterocycles. The minimum atomic E-state index is -0.135. The van der Waals surface area contributed by atoms with Crippen LogP contribution in [-0.4, -0.2) is 26.2 Å². The molecule has 2 aromatic rings. The summed E-state index contributed by atoms with van der Waals surface area (Å²) in [6.07, 6.45) is 0.749. The van der Waals surface area contributed by atoms with E-state index >= 15 is 0 Å². The van der Waals surface area contributed by atoms with E-state index in [-0.39, 0.29) is 5.91 Å². The number of hydrogen-bond acceptors (Lipinski definition) is 4. The summed E-state index contributed by atoms with van der Waals surface area (Å²) < 4.78 is 11.0. The molecule has 0 saturated heterocycles. The summed E-state index contributed by atoms with van der Waals surface area (Å²) in [4.78, 5) is 12.3. The topological polar surface area (TPSA) is 73.6 Å². The third kappa shape index (κ3) is 5.71. The highest BCUT2D eigenvalue weighted by atomic mass is 16.5. The number of carbonyl (C=O) groups is 1. The van der Waals surface area contributed by atoms with Gasteiger partial charge < -0.3 is 20.5 Å². The molecule has 2 aromatic carbocycles. The molecule has 0 aliphatic carbocycles. The van der Waals surface area contributed by atoms with Crippen LogP contribution in [0.25, 0.3) is 0 Å². The van der Waals surface area contributed by atoms with Crippen LogP contribution < -0.4 is 20.5 Å². The summed E-state index contributed by atoms with van der Waals surface area (Å²) in [5.74, 6) is 1.49. The lowest BCUT2D eigenvalue weighted by Gasteiger charge is -2.13. The van der Waals surface area contributed by atoms with Gasteiger partial charge in [0.25, 0.3) is 5.91 Å². The molecule has 0 unspecified atom stereocenters. The SMILES string of the molecule is COc1cc(C(=O)NCCc2ccc(N)cc2)ccc1OCC(C)C. The van der Waals surface area contributed by atoms with Gasteiger partial charge in [-0.3, -0.25) is 4.79 Å². The van der Waals surface area contributed by atoms with Crippen LogP contribution in [-0.2, 0) is 6.42 Å². The Morgan fingerprint density at radius 3 is 2.48 bits per heavy atom. The van der Waals surface area contributed by atoms with Gasteiger partial charge in [-0.1, -0.05) is 26.0 Å². The molecule has 2 rings (SSSR count). The predicted octanol–water partition coefficient (Wildman–Crippen LogP) is 3.28. The Morgan fingerprint density at radius 1 is 1.12 bits per heavy atom. The van der Waals surface area contributed by atoms with Gasteiger partial charge in [0, 0.05) is 17.8 Å². The highest BCUT2D eigenvalue weighted by molar-refractivity contribution is 5.94. The monoisotopic (exact) mass is 342 g/mol. The van der Waals surface area contributed by atoms with Gasteiger partial charge in [0.1, 0.15) is 0 Å². The molecule has 0 atom stereocenters. The summed E-state index contributed by atoms with van der Waals surface area (Å²) >= 11 is 0. The third-order valence-electron chi connectivity index (χ3n) is 3.68. The Bertz CT molecular complexity index is 697. The predicted molar refractivity (Wildman–Crippen MR) is 100 cm³/mol. The number of carbonyl (C=O) groups excluding carboxylic acids is 1. The first kappa shape index (κ1) is 18.6. The number of ether oxygens (including phenoxy) is 2. The Balaban J connectivity index is 1.93. The molecule has 0 spiro atoms. The van der Waals surface area contributed by atoms with Crippen LogP contribution in [0.5, 0.6) is 11.5 Å². The number of nitrogens with one attached hydrogen (secondary N) is 1. The summed E-state index contributed by atoms with van der Waals surface area (Å²) in [5.41, 5.74) is 8.08. The summed E-state index contributed by atoms with van der Waals surface area (Å²) in [7, 11) is 1.57. The third-order valence-corrected chi connectivity index (χ3v) is 3.68. The zero-order chi connectivity index (χ0) is 18.2. The first-order valence-corrected chi connectivity index (χ1v) is 8.43. The van der Waals surface area contributed by atoms with E-state index in [1.807, 2.05) is 24.3 Å². The van der Waals surface area contributed by atoms with E-state index < -0.39 is 0 Å². The number of methoxy groups -OCH3 is 1. The van der Waals surface area contributed by atoms with Gasteiger partial charge in [-0.15, -0.1) is 0 Å². The molecule has 0 aliphatic rings. The van der Waals surface area contributed by atoms with Crippen molar-refractivity contribution in [2.75, 3.05) is 26.0 Å². The Labute approximate surface area is 149 Å². The average molecular weight is 342 g/mol. The molecule has 0 bridgehead atoms. The molecule has 25 heavy (non-hydrogen) atoms. The summed E-state index contributed by atoms with van der Waals surface area (Å²) in [5, 5.41) is 2.92. The quantitative estimate of drug-likeness (QED) is 0.722. The molecule has 3 N–H and O–H groups in total. The fourth-order valence-electron chi connectivity index (χ4n) is 2.29. The lowest BCUT2D eigenvalue weighted by Crippen LogP contribution is -2.25. The number of nitrogens with two attached hydrogens (primary N) is 1. The fraction of sp³-hybridized carbons (Fsp3) is 0.350. The van der Waals surface area contributed by atoms with Gasteiger partial charge in [-0.2, -0.15) is 0 Å². The number of benzene rings is 2. The number of nitrogen functional groups attached to an aromatic ring is 1. The highest BCUT2D eigenvalue weighted by Crippen LogP contribution is 2.28.